The Labute approximate surface area is 123 Å². The minimum absolute atomic E-state index is 0.107. The molecule has 0 bridgehead atoms. The fourth-order valence-corrected chi connectivity index (χ4v) is 4.43. The minimum Gasteiger partial charge on any atom is -0.384 e. The van der Waals surface area contributed by atoms with E-state index in [9.17, 15) is 8.42 Å². The fourth-order valence-electron chi connectivity index (χ4n) is 2.74. The predicted molar refractivity (Wildman–Crippen MR) is 79.4 cm³/mol. The third-order valence-corrected chi connectivity index (χ3v) is 5.57. The van der Waals surface area contributed by atoms with Gasteiger partial charge in [-0.3, -0.25) is 0 Å². The number of hydrogen-bond donors (Lipinski definition) is 1. The number of nitrogen functional groups attached to an aromatic ring is 1. The van der Waals surface area contributed by atoms with Crippen LogP contribution >= 0.6 is 0 Å². The zero-order valence-electron chi connectivity index (χ0n) is 11.7. The standard InChI is InChI=1S/C13H17N5O2S/c1-2-11-12(9-3-5-15-16-7-9)17-18(13(11)14)10-4-6-21(19,20)8-10/h3,5,7,10H,2,4,6,8,14H2,1H3. The summed E-state index contributed by atoms with van der Waals surface area (Å²) < 4.78 is 25.0. The number of nitrogens with two attached hydrogens (primary N) is 1. The van der Waals surface area contributed by atoms with Crippen molar-refractivity contribution in [1.82, 2.24) is 20.0 Å². The summed E-state index contributed by atoms with van der Waals surface area (Å²) in [6.07, 6.45) is 4.52. The summed E-state index contributed by atoms with van der Waals surface area (Å²) in [6, 6.07) is 1.65. The van der Waals surface area contributed by atoms with Crippen LogP contribution in [0.5, 0.6) is 0 Å². The highest BCUT2D eigenvalue weighted by molar-refractivity contribution is 7.91. The van der Waals surface area contributed by atoms with Crippen LogP contribution in [-0.4, -0.2) is 39.9 Å². The van der Waals surface area contributed by atoms with E-state index < -0.39 is 9.84 Å². The second kappa shape index (κ2) is 5.10. The number of sulfone groups is 1. The van der Waals surface area contributed by atoms with Crippen LogP contribution < -0.4 is 5.73 Å². The number of anilines is 1. The van der Waals surface area contributed by atoms with Gasteiger partial charge in [-0.05, 0) is 18.9 Å². The first kappa shape index (κ1) is 14.0. The van der Waals surface area contributed by atoms with Crippen LogP contribution in [0.3, 0.4) is 0 Å². The molecule has 1 unspecified atom stereocenters. The van der Waals surface area contributed by atoms with Gasteiger partial charge in [-0.15, -0.1) is 0 Å². The summed E-state index contributed by atoms with van der Waals surface area (Å²) in [5, 5.41) is 12.2. The summed E-state index contributed by atoms with van der Waals surface area (Å²) in [7, 11) is -2.97. The maximum atomic E-state index is 11.7. The number of hydrogen-bond acceptors (Lipinski definition) is 6. The van der Waals surface area contributed by atoms with Crippen LogP contribution in [0.1, 0.15) is 24.9 Å². The summed E-state index contributed by atoms with van der Waals surface area (Å²) in [5.41, 5.74) is 8.71. The van der Waals surface area contributed by atoms with Crippen LogP contribution in [0.4, 0.5) is 5.82 Å². The average Bonchev–Trinajstić information content (AvgIpc) is 2.99. The molecule has 8 heteroatoms. The topological polar surface area (TPSA) is 104 Å². The van der Waals surface area contributed by atoms with Crippen LogP contribution in [-0.2, 0) is 16.3 Å². The third kappa shape index (κ3) is 2.51. The van der Waals surface area contributed by atoms with E-state index in [-0.39, 0.29) is 17.5 Å². The molecule has 0 amide bonds. The molecule has 1 fully saturated rings. The van der Waals surface area contributed by atoms with Gasteiger partial charge in [0.15, 0.2) is 9.84 Å². The first-order chi connectivity index (χ1) is 10.0. The average molecular weight is 307 g/mol. The van der Waals surface area contributed by atoms with Crippen molar-refractivity contribution >= 4 is 15.7 Å². The molecular weight excluding hydrogens is 290 g/mol. The van der Waals surface area contributed by atoms with Crippen molar-refractivity contribution in [1.29, 1.82) is 0 Å². The highest BCUT2D eigenvalue weighted by Gasteiger charge is 2.32. The molecule has 112 valence electrons. The first-order valence-electron chi connectivity index (χ1n) is 6.86. The van der Waals surface area contributed by atoms with Gasteiger partial charge in [0.2, 0.25) is 0 Å². The van der Waals surface area contributed by atoms with Gasteiger partial charge in [0.05, 0.1) is 35.6 Å². The van der Waals surface area contributed by atoms with E-state index >= 15 is 0 Å². The molecule has 1 saturated heterocycles. The fraction of sp³-hybridized carbons (Fsp3) is 0.462. The van der Waals surface area contributed by atoms with Crippen molar-refractivity contribution in [3.05, 3.63) is 24.0 Å². The van der Waals surface area contributed by atoms with Gasteiger partial charge < -0.3 is 5.73 Å². The van der Waals surface area contributed by atoms with Gasteiger partial charge in [0, 0.05) is 11.1 Å². The summed E-state index contributed by atoms with van der Waals surface area (Å²) in [6.45, 7) is 2.00. The molecule has 1 aliphatic heterocycles. The van der Waals surface area contributed by atoms with E-state index in [1.54, 1.807) is 17.1 Å². The van der Waals surface area contributed by atoms with Crippen molar-refractivity contribution in [2.24, 2.45) is 0 Å². The molecule has 2 N–H and O–H groups in total. The Hall–Kier alpha value is -1.96. The highest BCUT2D eigenvalue weighted by Crippen LogP contribution is 2.32. The predicted octanol–water partition coefficient (Wildman–Crippen LogP) is 0.844. The lowest BCUT2D eigenvalue weighted by atomic mass is 10.1. The molecule has 0 aromatic carbocycles. The third-order valence-electron chi connectivity index (χ3n) is 3.82. The Morgan fingerprint density at radius 1 is 1.43 bits per heavy atom. The Kier molecular flexibility index (Phi) is 3.40. The maximum absolute atomic E-state index is 11.7. The quantitative estimate of drug-likeness (QED) is 0.901. The van der Waals surface area contributed by atoms with Gasteiger partial charge in [-0.25, -0.2) is 13.1 Å². The lowest BCUT2D eigenvalue weighted by Crippen LogP contribution is -2.15. The van der Waals surface area contributed by atoms with Crippen molar-refractivity contribution in [2.75, 3.05) is 17.2 Å². The first-order valence-corrected chi connectivity index (χ1v) is 8.68. The van der Waals surface area contributed by atoms with E-state index in [4.69, 9.17) is 5.73 Å². The van der Waals surface area contributed by atoms with Crippen LogP contribution in [0.25, 0.3) is 11.3 Å². The smallest absolute Gasteiger partial charge is 0.152 e. The molecule has 0 spiro atoms. The molecule has 0 saturated carbocycles. The van der Waals surface area contributed by atoms with Crippen LogP contribution in [0.15, 0.2) is 18.5 Å². The summed E-state index contributed by atoms with van der Waals surface area (Å²) >= 11 is 0. The molecule has 0 aliphatic carbocycles. The molecule has 2 aromatic heterocycles. The zero-order valence-corrected chi connectivity index (χ0v) is 12.5. The maximum Gasteiger partial charge on any atom is 0.152 e. The number of rotatable bonds is 3. The largest absolute Gasteiger partial charge is 0.384 e. The molecule has 3 heterocycles. The summed E-state index contributed by atoms with van der Waals surface area (Å²) in [5.74, 6) is 0.854. The van der Waals surface area contributed by atoms with Gasteiger partial charge in [-0.2, -0.15) is 15.3 Å². The van der Waals surface area contributed by atoms with Crippen LogP contribution in [0, 0.1) is 0 Å². The van der Waals surface area contributed by atoms with Crippen molar-refractivity contribution in [3.63, 3.8) is 0 Å². The lowest BCUT2D eigenvalue weighted by molar-refractivity contribution is 0.508. The van der Waals surface area contributed by atoms with Crippen LogP contribution in [0.2, 0.25) is 0 Å². The molecule has 1 atom stereocenters. The van der Waals surface area contributed by atoms with Gasteiger partial charge in [-0.1, -0.05) is 6.92 Å². The van der Waals surface area contributed by atoms with Crippen molar-refractivity contribution < 1.29 is 8.42 Å². The van der Waals surface area contributed by atoms with Crippen molar-refractivity contribution in [2.45, 2.75) is 25.8 Å². The van der Waals surface area contributed by atoms with E-state index in [0.29, 0.717) is 12.2 Å². The minimum atomic E-state index is -2.97. The normalized spacial score (nSPS) is 20.7. The Balaban J connectivity index is 2.06. The van der Waals surface area contributed by atoms with E-state index in [1.807, 2.05) is 13.0 Å². The second-order valence-electron chi connectivity index (χ2n) is 5.20. The number of nitrogens with zero attached hydrogens (tertiary/aromatic N) is 4. The SMILES string of the molecule is CCc1c(-c2ccnnc2)nn(C2CCS(=O)(=O)C2)c1N. The van der Waals surface area contributed by atoms with Gasteiger partial charge in [0.25, 0.3) is 0 Å². The van der Waals surface area contributed by atoms with Gasteiger partial charge >= 0.3 is 0 Å². The highest BCUT2D eigenvalue weighted by atomic mass is 32.2. The number of aromatic nitrogens is 4. The second-order valence-corrected chi connectivity index (χ2v) is 7.43. The molecule has 1 aliphatic rings. The lowest BCUT2D eigenvalue weighted by Gasteiger charge is -2.10. The molecular formula is C13H17N5O2S. The molecule has 2 aromatic rings. The molecule has 7 nitrogen and oxygen atoms in total. The van der Waals surface area contributed by atoms with Crippen molar-refractivity contribution in [3.8, 4) is 11.3 Å². The van der Waals surface area contributed by atoms with E-state index in [2.05, 4.69) is 15.3 Å². The van der Waals surface area contributed by atoms with Gasteiger partial charge in [0.1, 0.15) is 5.82 Å². The Bertz CT molecular complexity index is 754. The Morgan fingerprint density at radius 2 is 2.24 bits per heavy atom. The summed E-state index contributed by atoms with van der Waals surface area (Å²) in [4.78, 5) is 0. The van der Waals surface area contributed by atoms with E-state index in [1.165, 1.54) is 0 Å². The Morgan fingerprint density at radius 3 is 2.81 bits per heavy atom. The van der Waals surface area contributed by atoms with E-state index in [0.717, 1.165) is 23.2 Å². The zero-order chi connectivity index (χ0) is 15.0. The monoisotopic (exact) mass is 307 g/mol. The molecule has 3 rings (SSSR count). The molecule has 21 heavy (non-hydrogen) atoms. The molecule has 0 radical (unpaired) electrons.